The van der Waals surface area contributed by atoms with Gasteiger partial charge in [0.1, 0.15) is 0 Å². The molecular formula is C12H25NO3. The largest absolute Gasteiger partial charge is 0.389 e. The van der Waals surface area contributed by atoms with Crippen molar-refractivity contribution in [3.63, 3.8) is 0 Å². The maximum Gasteiger partial charge on any atom is 0.0897 e. The number of nitrogens with one attached hydrogen (secondary N) is 1. The van der Waals surface area contributed by atoms with E-state index < -0.39 is 6.10 Å². The van der Waals surface area contributed by atoms with E-state index >= 15 is 0 Å². The monoisotopic (exact) mass is 231 g/mol. The molecule has 0 bridgehead atoms. The molecule has 96 valence electrons. The topological polar surface area (TPSA) is 50.7 Å². The molecule has 1 fully saturated rings. The standard InChI is InChI=1S/C12H25NO3/c1-2-3-4-5-6-15-10-12(14)7-13-11-8-16-9-11/h11-14H,2-10H2,1H3. The summed E-state index contributed by atoms with van der Waals surface area (Å²) in [6.07, 6.45) is 4.45. The third kappa shape index (κ3) is 6.43. The molecule has 0 aromatic heterocycles. The van der Waals surface area contributed by atoms with Crippen molar-refractivity contribution < 1.29 is 14.6 Å². The van der Waals surface area contributed by atoms with Crippen molar-refractivity contribution in [3.8, 4) is 0 Å². The van der Waals surface area contributed by atoms with Gasteiger partial charge in [-0.05, 0) is 6.42 Å². The quantitative estimate of drug-likeness (QED) is 0.549. The first-order chi connectivity index (χ1) is 7.83. The Morgan fingerprint density at radius 3 is 2.81 bits per heavy atom. The smallest absolute Gasteiger partial charge is 0.0897 e. The molecule has 1 unspecified atom stereocenters. The van der Waals surface area contributed by atoms with E-state index in [1.807, 2.05) is 0 Å². The highest BCUT2D eigenvalue weighted by atomic mass is 16.5. The zero-order valence-electron chi connectivity index (χ0n) is 10.3. The molecule has 0 saturated carbocycles. The Labute approximate surface area is 98.3 Å². The molecule has 1 heterocycles. The summed E-state index contributed by atoms with van der Waals surface area (Å²) in [4.78, 5) is 0. The van der Waals surface area contributed by atoms with Crippen LogP contribution in [-0.4, -0.2) is 50.2 Å². The molecule has 4 heteroatoms. The van der Waals surface area contributed by atoms with Crippen LogP contribution >= 0.6 is 0 Å². The van der Waals surface area contributed by atoms with Crippen LogP contribution in [0.4, 0.5) is 0 Å². The lowest BCUT2D eigenvalue weighted by Gasteiger charge is -2.27. The number of ether oxygens (including phenoxy) is 2. The molecule has 0 spiro atoms. The fraction of sp³-hybridized carbons (Fsp3) is 1.00. The van der Waals surface area contributed by atoms with E-state index in [-0.39, 0.29) is 0 Å². The van der Waals surface area contributed by atoms with Gasteiger partial charge in [-0.2, -0.15) is 0 Å². The van der Waals surface area contributed by atoms with E-state index in [9.17, 15) is 5.11 Å². The van der Waals surface area contributed by atoms with Gasteiger partial charge in [0.15, 0.2) is 0 Å². The van der Waals surface area contributed by atoms with E-state index in [4.69, 9.17) is 9.47 Å². The molecule has 16 heavy (non-hydrogen) atoms. The van der Waals surface area contributed by atoms with Crippen molar-refractivity contribution in [1.82, 2.24) is 5.32 Å². The highest BCUT2D eigenvalue weighted by molar-refractivity contribution is 4.74. The van der Waals surface area contributed by atoms with Crippen LogP contribution in [0.15, 0.2) is 0 Å². The number of hydrogen-bond donors (Lipinski definition) is 2. The Kier molecular flexibility index (Phi) is 7.76. The maximum absolute atomic E-state index is 9.59. The summed E-state index contributed by atoms with van der Waals surface area (Å²) >= 11 is 0. The lowest BCUT2D eigenvalue weighted by molar-refractivity contribution is -0.0171. The predicted octanol–water partition coefficient (Wildman–Crippen LogP) is 0.933. The molecular weight excluding hydrogens is 206 g/mol. The minimum absolute atomic E-state index is 0.397. The normalized spacial score (nSPS) is 18.4. The van der Waals surface area contributed by atoms with Gasteiger partial charge in [-0.1, -0.05) is 26.2 Å². The SMILES string of the molecule is CCCCCCOCC(O)CNC1COC1. The fourth-order valence-corrected chi connectivity index (χ4v) is 1.57. The molecule has 0 radical (unpaired) electrons. The molecule has 2 N–H and O–H groups in total. The summed E-state index contributed by atoms with van der Waals surface area (Å²) in [5.41, 5.74) is 0. The Bertz CT molecular complexity index is 162. The van der Waals surface area contributed by atoms with Crippen LogP contribution in [0.1, 0.15) is 32.6 Å². The number of unbranched alkanes of at least 4 members (excludes halogenated alkanes) is 3. The van der Waals surface area contributed by atoms with Gasteiger partial charge < -0.3 is 19.9 Å². The van der Waals surface area contributed by atoms with Crippen molar-refractivity contribution >= 4 is 0 Å². The van der Waals surface area contributed by atoms with Crippen LogP contribution in [0.3, 0.4) is 0 Å². The van der Waals surface area contributed by atoms with Crippen LogP contribution in [0.25, 0.3) is 0 Å². The van der Waals surface area contributed by atoms with Gasteiger partial charge in [-0.15, -0.1) is 0 Å². The minimum atomic E-state index is -0.397. The Morgan fingerprint density at radius 2 is 2.19 bits per heavy atom. The van der Waals surface area contributed by atoms with Crippen LogP contribution in [0.2, 0.25) is 0 Å². The molecule has 1 aliphatic rings. The van der Waals surface area contributed by atoms with Crippen LogP contribution in [0, 0.1) is 0 Å². The third-order valence-corrected chi connectivity index (χ3v) is 2.73. The first-order valence-electron chi connectivity index (χ1n) is 6.40. The van der Waals surface area contributed by atoms with E-state index in [0.29, 0.717) is 19.2 Å². The molecule has 0 aromatic carbocycles. The zero-order valence-corrected chi connectivity index (χ0v) is 10.3. The third-order valence-electron chi connectivity index (χ3n) is 2.73. The van der Waals surface area contributed by atoms with Crippen LogP contribution < -0.4 is 5.32 Å². The van der Waals surface area contributed by atoms with Crippen molar-refractivity contribution in [1.29, 1.82) is 0 Å². The molecule has 0 amide bonds. The fourth-order valence-electron chi connectivity index (χ4n) is 1.57. The van der Waals surface area contributed by atoms with Crippen molar-refractivity contribution in [2.45, 2.75) is 44.8 Å². The zero-order chi connectivity index (χ0) is 11.6. The van der Waals surface area contributed by atoms with Crippen LogP contribution in [0.5, 0.6) is 0 Å². The molecule has 0 aliphatic carbocycles. The van der Waals surface area contributed by atoms with E-state index in [2.05, 4.69) is 12.2 Å². The first kappa shape index (κ1) is 13.9. The summed E-state index contributed by atoms with van der Waals surface area (Å²) in [5.74, 6) is 0. The first-order valence-corrected chi connectivity index (χ1v) is 6.40. The van der Waals surface area contributed by atoms with Gasteiger partial charge in [0.25, 0.3) is 0 Å². The molecule has 4 nitrogen and oxygen atoms in total. The lowest BCUT2D eigenvalue weighted by Crippen LogP contribution is -2.48. The number of aliphatic hydroxyl groups is 1. The van der Waals surface area contributed by atoms with Gasteiger partial charge in [-0.25, -0.2) is 0 Å². The molecule has 0 aromatic rings. The summed E-state index contributed by atoms with van der Waals surface area (Å²) < 4.78 is 10.4. The molecule has 1 rings (SSSR count). The second-order valence-corrected chi connectivity index (χ2v) is 4.43. The second kappa shape index (κ2) is 8.93. The summed E-state index contributed by atoms with van der Waals surface area (Å²) in [5, 5.41) is 12.8. The van der Waals surface area contributed by atoms with Gasteiger partial charge in [-0.3, -0.25) is 0 Å². The average Bonchev–Trinajstić information content (AvgIpc) is 2.21. The Morgan fingerprint density at radius 1 is 1.38 bits per heavy atom. The van der Waals surface area contributed by atoms with E-state index in [1.54, 1.807) is 0 Å². The van der Waals surface area contributed by atoms with Crippen molar-refractivity contribution in [2.75, 3.05) is 33.0 Å². The van der Waals surface area contributed by atoms with E-state index in [0.717, 1.165) is 26.2 Å². The average molecular weight is 231 g/mol. The molecule has 1 atom stereocenters. The van der Waals surface area contributed by atoms with Gasteiger partial charge in [0.05, 0.1) is 32.0 Å². The summed E-state index contributed by atoms with van der Waals surface area (Å²) in [7, 11) is 0. The van der Waals surface area contributed by atoms with Crippen LogP contribution in [-0.2, 0) is 9.47 Å². The van der Waals surface area contributed by atoms with Gasteiger partial charge in [0, 0.05) is 13.2 Å². The Balaban J connectivity index is 1.80. The summed E-state index contributed by atoms with van der Waals surface area (Å²) in [6.45, 7) is 5.54. The number of rotatable bonds is 10. The maximum atomic E-state index is 9.59. The lowest BCUT2D eigenvalue weighted by atomic mass is 10.2. The predicted molar refractivity (Wildman–Crippen MR) is 63.6 cm³/mol. The second-order valence-electron chi connectivity index (χ2n) is 4.43. The highest BCUT2D eigenvalue weighted by Crippen LogP contribution is 2.00. The van der Waals surface area contributed by atoms with E-state index in [1.165, 1.54) is 19.3 Å². The Hall–Kier alpha value is -0.160. The molecule has 1 aliphatic heterocycles. The minimum Gasteiger partial charge on any atom is -0.389 e. The van der Waals surface area contributed by atoms with Crippen molar-refractivity contribution in [3.05, 3.63) is 0 Å². The number of aliphatic hydroxyl groups excluding tert-OH is 1. The number of hydrogen-bond acceptors (Lipinski definition) is 4. The van der Waals surface area contributed by atoms with Gasteiger partial charge in [0.2, 0.25) is 0 Å². The summed E-state index contributed by atoms with van der Waals surface area (Å²) in [6, 6.07) is 0.430. The molecule has 1 saturated heterocycles. The highest BCUT2D eigenvalue weighted by Gasteiger charge is 2.18. The van der Waals surface area contributed by atoms with Crippen molar-refractivity contribution in [2.24, 2.45) is 0 Å². The van der Waals surface area contributed by atoms with Gasteiger partial charge >= 0.3 is 0 Å².